The highest BCUT2D eigenvalue weighted by atomic mass is 16.5. The number of fused-ring (bicyclic) bond motifs is 3. The van der Waals surface area contributed by atoms with Gasteiger partial charge in [-0.15, -0.1) is 5.10 Å². The molecule has 0 fully saturated rings. The van der Waals surface area contributed by atoms with E-state index in [2.05, 4.69) is 25.7 Å². The SMILES string of the molecule is COCCNc1nc2ccccc2n2nc(C(=O)NCc3ccc(C)o3)nc12. The Morgan fingerprint density at radius 2 is 2.07 bits per heavy atom. The van der Waals surface area contributed by atoms with E-state index in [4.69, 9.17) is 9.15 Å². The molecule has 9 nitrogen and oxygen atoms in total. The van der Waals surface area contributed by atoms with Crippen molar-refractivity contribution in [3.8, 4) is 0 Å². The highest BCUT2D eigenvalue weighted by molar-refractivity contribution is 5.92. The monoisotopic (exact) mass is 380 g/mol. The van der Waals surface area contributed by atoms with Gasteiger partial charge in [-0.2, -0.15) is 4.98 Å². The molecule has 0 bridgehead atoms. The predicted molar refractivity (Wildman–Crippen MR) is 103 cm³/mol. The summed E-state index contributed by atoms with van der Waals surface area (Å²) in [5, 5.41) is 10.4. The zero-order chi connectivity index (χ0) is 19.5. The first-order valence-corrected chi connectivity index (χ1v) is 8.87. The van der Waals surface area contributed by atoms with Crippen molar-refractivity contribution in [1.82, 2.24) is 24.9 Å². The van der Waals surface area contributed by atoms with E-state index < -0.39 is 0 Å². The van der Waals surface area contributed by atoms with Crippen LogP contribution in [0.15, 0.2) is 40.8 Å². The van der Waals surface area contributed by atoms with Crippen LogP contribution in [0.4, 0.5) is 5.82 Å². The minimum atomic E-state index is -0.385. The highest BCUT2D eigenvalue weighted by Gasteiger charge is 2.18. The van der Waals surface area contributed by atoms with Gasteiger partial charge in [0.1, 0.15) is 11.5 Å². The lowest BCUT2D eigenvalue weighted by atomic mass is 10.3. The zero-order valence-electron chi connectivity index (χ0n) is 15.6. The molecule has 1 amide bonds. The summed E-state index contributed by atoms with van der Waals surface area (Å²) in [5.74, 6) is 1.69. The molecule has 9 heteroatoms. The molecule has 144 valence electrons. The highest BCUT2D eigenvalue weighted by Crippen LogP contribution is 2.20. The van der Waals surface area contributed by atoms with E-state index in [1.807, 2.05) is 43.3 Å². The Labute approximate surface area is 160 Å². The fourth-order valence-electron chi connectivity index (χ4n) is 2.85. The van der Waals surface area contributed by atoms with Crippen LogP contribution in [0.5, 0.6) is 0 Å². The zero-order valence-corrected chi connectivity index (χ0v) is 15.6. The van der Waals surface area contributed by atoms with Crippen LogP contribution in [-0.2, 0) is 11.3 Å². The Morgan fingerprint density at radius 3 is 2.86 bits per heavy atom. The minimum absolute atomic E-state index is 0.0659. The van der Waals surface area contributed by atoms with Crippen LogP contribution in [0.2, 0.25) is 0 Å². The van der Waals surface area contributed by atoms with Gasteiger partial charge in [-0.1, -0.05) is 12.1 Å². The van der Waals surface area contributed by atoms with Crippen LogP contribution in [-0.4, -0.2) is 45.8 Å². The van der Waals surface area contributed by atoms with Crippen molar-refractivity contribution < 1.29 is 13.9 Å². The van der Waals surface area contributed by atoms with Crippen molar-refractivity contribution in [3.63, 3.8) is 0 Å². The van der Waals surface area contributed by atoms with Gasteiger partial charge in [0, 0.05) is 13.7 Å². The number of amides is 1. The number of carbonyl (C=O) groups is 1. The molecule has 0 aliphatic rings. The number of methoxy groups -OCH3 is 1. The number of hydrogen-bond donors (Lipinski definition) is 2. The summed E-state index contributed by atoms with van der Waals surface area (Å²) in [6.45, 7) is 3.19. The molecule has 0 spiro atoms. The van der Waals surface area contributed by atoms with Gasteiger partial charge in [0.05, 0.1) is 24.2 Å². The summed E-state index contributed by atoms with van der Waals surface area (Å²) in [6.07, 6.45) is 0. The number of furan rings is 1. The second kappa shape index (κ2) is 7.65. The second-order valence-electron chi connectivity index (χ2n) is 6.23. The molecule has 3 aromatic heterocycles. The quantitative estimate of drug-likeness (QED) is 0.473. The molecule has 0 unspecified atom stereocenters. The molecule has 2 N–H and O–H groups in total. The van der Waals surface area contributed by atoms with Crippen LogP contribution >= 0.6 is 0 Å². The van der Waals surface area contributed by atoms with Gasteiger partial charge >= 0.3 is 0 Å². The molecular formula is C19H20N6O3. The van der Waals surface area contributed by atoms with E-state index in [1.54, 1.807) is 11.6 Å². The average Bonchev–Trinajstić information content (AvgIpc) is 3.33. The summed E-state index contributed by atoms with van der Waals surface area (Å²) in [4.78, 5) is 21.6. The third kappa shape index (κ3) is 3.52. The summed E-state index contributed by atoms with van der Waals surface area (Å²) in [6, 6.07) is 11.2. The number of aromatic nitrogens is 4. The van der Waals surface area contributed by atoms with Gasteiger partial charge in [-0.3, -0.25) is 4.79 Å². The van der Waals surface area contributed by atoms with E-state index in [0.717, 1.165) is 16.8 Å². The van der Waals surface area contributed by atoms with Crippen LogP contribution < -0.4 is 10.6 Å². The molecule has 0 saturated heterocycles. The van der Waals surface area contributed by atoms with E-state index in [9.17, 15) is 4.79 Å². The Balaban J connectivity index is 1.66. The van der Waals surface area contributed by atoms with Gasteiger partial charge in [-0.25, -0.2) is 9.50 Å². The number of carbonyl (C=O) groups excluding carboxylic acids is 1. The molecule has 3 heterocycles. The Morgan fingerprint density at radius 1 is 1.21 bits per heavy atom. The van der Waals surface area contributed by atoms with Gasteiger partial charge in [0.25, 0.3) is 5.91 Å². The number of ether oxygens (including phenoxy) is 1. The topological polar surface area (TPSA) is 107 Å². The first kappa shape index (κ1) is 17.9. The van der Waals surface area contributed by atoms with Gasteiger partial charge in [0.2, 0.25) is 5.82 Å². The normalized spacial score (nSPS) is 11.2. The largest absolute Gasteiger partial charge is 0.465 e. The molecule has 0 radical (unpaired) electrons. The van der Waals surface area contributed by atoms with Crippen molar-refractivity contribution in [3.05, 3.63) is 53.7 Å². The van der Waals surface area contributed by atoms with Crippen molar-refractivity contribution in [2.45, 2.75) is 13.5 Å². The first-order chi connectivity index (χ1) is 13.7. The summed E-state index contributed by atoms with van der Waals surface area (Å²) in [5.41, 5.74) is 2.00. The third-order valence-corrected chi connectivity index (χ3v) is 4.18. The first-order valence-electron chi connectivity index (χ1n) is 8.87. The average molecular weight is 380 g/mol. The fourth-order valence-corrected chi connectivity index (χ4v) is 2.85. The Hall–Kier alpha value is -3.46. The number of para-hydroxylation sites is 2. The molecule has 4 aromatic rings. The summed E-state index contributed by atoms with van der Waals surface area (Å²) in [7, 11) is 1.63. The number of nitrogens with one attached hydrogen (secondary N) is 2. The van der Waals surface area contributed by atoms with Crippen LogP contribution in [0.3, 0.4) is 0 Å². The van der Waals surface area contributed by atoms with Crippen molar-refractivity contribution in [1.29, 1.82) is 0 Å². The van der Waals surface area contributed by atoms with Crippen LogP contribution in [0, 0.1) is 6.92 Å². The van der Waals surface area contributed by atoms with Crippen molar-refractivity contribution >= 4 is 28.4 Å². The number of benzene rings is 1. The van der Waals surface area contributed by atoms with E-state index in [1.165, 1.54) is 0 Å². The minimum Gasteiger partial charge on any atom is -0.465 e. The molecular weight excluding hydrogens is 360 g/mol. The molecule has 0 aliphatic carbocycles. The Bertz CT molecular complexity index is 1130. The lowest BCUT2D eigenvalue weighted by molar-refractivity contribution is 0.0938. The maximum atomic E-state index is 12.6. The lowest BCUT2D eigenvalue weighted by Crippen LogP contribution is -2.23. The molecule has 4 rings (SSSR count). The summed E-state index contributed by atoms with van der Waals surface area (Å²) >= 11 is 0. The number of nitrogens with zero attached hydrogens (tertiary/aromatic N) is 4. The molecule has 28 heavy (non-hydrogen) atoms. The van der Waals surface area contributed by atoms with Crippen LogP contribution in [0.25, 0.3) is 16.7 Å². The van der Waals surface area contributed by atoms with Gasteiger partial charge in [-0.05, 0) is 31.2 Å². The maximum Gasteiger partial charge on any atom is 0.291 e. The molecule has 0 saturated carbocycles. The third-order valence-electron chi connectivity index (χ3n) is 4.18. The smallest absolute Gasteiger partial charge is 0.291 e. The summed E-state index contributed by atoms with van der Waals surface area (Å²) < 4.78 is 12.2. The fraction of sp³-hybridized carbons (Fsp3) is 0.263. The molecule has 0 atom stereocenters. The number of anilines is 1. The van der Waals surface area contributed by atoms with E-state index in [-0.39, 0.29) is 18.3 Å². The standard InChI is InChI=1S/C19H20N6O3/c1-12-7-8-13(28-12)11-21-19(26)17-23-18-16(20-9-10-27-2)22-14-5-3-4-6-15(14)25(18)24-17/h3-8H,9-11H2,1-2H3,(H,20,22)(H,21,26). The van der Waals surface area contributed by atoms with Gasteiger partial charge < -0.3 is 19.8 Å². The van der Waals surface area contributed by atoms with Crippen LogP contribution in [0.1, 0.15) is 22.1 Å². The van der Waals surface area contributed by atoms with E-state index in [0.29, 0.717) is 30.4 Å². The van der Waals surface area contributed by atoms with Crippen molar-refractivity contribution in [2.24, 2.45) is 0 Å². The predicted octanol–water partition coefficient (Wildman–Crippen LogP) is 2.17. The molecule has 1 aromatic carbocycles. The Kier molecular flexibility index (Phi) is 4.90. The lowest BCUT2D eigenvalue weighted by Gasteiger charge is -2.07. The molecule has 0 aliphatic heterocycles. The number of aryl methyl sites for hydroxylation is 1. The van der Waals surface area contributed by atoms with E-state index >= 15 is 0 Å². The van der Waals surface area contributed by atoms with Crippen molar-refractivity contribution in [2.75, 3.05) is 25.6 Å². The second-order valence-corrected chi connectivity index (χ2v) is 6.23. The van der Waals surface area contributed by atoms with Gasteiger partial charge in [0.15, 0.2) is 11.5 Å². The maximum absolute atomic E-state index is 12.6. The number of rotatable bonds is 7. The number of hydrogen-bond acceptors (Lipinski definition) is 7.